The molecule has 109 heavy (non-hydrogen) atoms. The second-order valence-electron chi connectivity index (χ2n) is 39.0. The summed E-state index contributed by atoms with van der Waals surface area (Å²) in [4.78, 5) is 2.95. The number of unbranched alkanes of at least 4 members (excludes halogenated alkanes) is 23. The van der Waals surface area contributed by atoms with Crippen LogP contribution in [0.5, 0.6) is 0 Å². The van der Waals surface area contributed by atoms with Crippen molar-refractivity contribution in [3.05, 3.63) is 177 Å². The van der Waals surface area contributed by atoms with E-state index in [0.717, 1.165) is 6.54 Å². The van der Waals surface area contributed by atoms with E-state index in [1.54, 1.807) is 22.3 Å². The minimum Gasteiger partial charge on any atom is -0.339 e. The lowest BCUT2D eigenvalue weighted by Gasteiger charge is -2.45. The Hall–Kier alpha value is -5.74. The largest absolute Gasteiger partial charge is 0.339 e. The molecule has 2 aliphatic carbocycles. The van der Waals surface area contributed by atoms with Crippen LogP contribution in [0.3, 0.4) is 0 Å². The molecule has 586 valence electrons. The molecule has 0 bridgehead atoms. The van der Waals surface area contributed by atoms with Gasteiger partial charge in [0.25, 0.3) is 0 Å². The molecule has 0 saturated carbocycles. The van der Waals surface area contributed by atoms with Gasteiger partial charge in [-0.2, -0.15) is 0 Å². The van der Waals surface area contributed by atoms with Crippen LogP contribution in [-0.4, -0.2) is 4.57 Å². The SMILES string of the molecule is CCCCCCCCC1(CCCCCCCC)c2cc(-c3c4ccccc4c(C(C)(C)C(C)(C)c4ccc5c(c4)C(CCCCCCCC)(CCCCCCCC)c4cc(-c6cc7c(s6)c6sc(C(C)(C)C(C)(C)C)cc6n7CCCCCC)ccc4-5)c4ccccc34)ccc2-c2ccc(C(C)(C)C(C)(C)C)cc21. The fourth-order valence-corrected chi connectivity index (χ4v) is 22.6. The maximum Gasteiger partial charge on any atom is 0.0707 e. The number of nitrogens with zero attached hydrogens (tertiary/aromatic N) is 1. The third-order valence-corrected chi connectivity index (χ3v) is 32.3. The van der Waals surface area contributed by atoms with E-state index in [1.807, 2.05) is 0 Å². The number of thiophene rings is 2. The van der Waals surface area contributed by atoms with E-state index in [4.69, 9.17) is 0 Å². The van der Waals surface area contributed by atoms with E-state index in [-0.39, 0.29) is 43.3 Å². The lowest BCUT2D eigenvalue weighted by molar-refractivity contribution is 0.225. The summed E-state index contributed by atoms with van der Waals surface area (Å²) in [5.74, 6) is 0. The lowest BCUT2D eigenvalue weighted by Crippen LogP contribution is -2.41. The maximum atomic E-state index is 2.81. The van der Waals surface area contributed by atoms with Crippen molar-refractivity contribution in [2.24, 2.45) is 10.8 Å². The smallest absolute Gasteiger partial charge is 0.0707 e. The van der Waals surface area contributed by atoms with Crippen molar-refractivity contribution in [3.63, 3.8) is 0 Å². The van der Waals surface area contributed by atoms with Crippen molar-refractivity contribution < 1.29 is 0 Å². The minimum absolute atomic E-state index is 0.00553. The van der Waals surface area contributed by atoms with Gasteiger partial charge >= 0.3 is 0 Å². The molecule has 0 aliphatic heterocycles. The molecule has 1 nitrogen and oxygen atoms in total. The van der Waals surface area contributed by atoms with Gasteiger partial charge in [-0.25, -0.2) is 0 Å². The Bertz CT molecular complexity index is 4620. The van der Waals surface area contributed by atoms with Crippen LogP contribution in [-0.2, 0) is 39.0 Å². The van der Waals surface area contributed by atoms with Crippen LogP contribution in [0.2, 0.25) is 0 Å². The molecular formula is C106H145NS2. The van der Waals surface area contributed by atoms with Gasteiger partial charge in [0.1, 0.15) is 0 Å². The first kappa shape index (κ1) is 82.7. The average Bonchev–Trinajstić information content (AvgIpc) is 1.70. The third kappa shape index (κ3) is 16.0. The number of fused-ring (bicyclic) bond motifs is 11. The zero-order valence-corrected chi connectivity index (χ0v) is 73.9. The first-order valence-electron chi connectivity index (χ1n) is 44.8. The van der Waals surface area contributed by atoms with Gasteiger partial charge < -0.3 is 4.57 Å². The zero-order valence-electron chi connectivity index (χ0n) is 72.3. The van der Waals surface area contributed by atoms with Gasteiger partial charge in [-0.15, -0.1) is 22.7 Å². The van der Waals surface area contributed by atoms with Gasteiger partial charge in [0.05, 0.1) is 20.4 Å². The second kappa shape index (κ2) is 34.5. The van der Waals surface area contributed by atoms with Gasteiger partial charge in [-0.1, -0.05) is 414 Å². The van der Waals surface area contributed by atoms with Gasteiger partial charge in [0.15, 0.2) is 0 Å². The van der Waals surface area contributed by atoms with Crippen molar-refractivity contribution in [1.29, 1.82) is 0 Å². The quantitative estimate of drug-likeness (QED) is 0.0266. The van der Waals surface area contributed by atoms with Gasteiger partial charge in [0.2, 0.25) is 0 Å². The fourth-order valence-electron chi connectivity index (χ4n) is 19.8. The Morgan fingerprint density at radius 3 is 1.08 bits per heavy atom. The summed E-state index contributed by atoms with van der Waals surface area (Å²) in [5, 5.41) is 5.53. The molecule has 0 atom stereocenters. The highest BCUT2D eigenvalue weighted by molar-refractivity contribution is 7.29. The number of hydrogen-bond donors (Lipinski definition) is 0. The summed E-state index contributed by atoms with van der Waals surface area (Å²) in [6, 6.07) is 56.1. The van der Waals surface area contributed by atoms with Crippen molar-refractivity contribution >= 4 is 64.7 Å². The molecule has 0 saturated heterocycles. The van der Waals surface area contributed by atoms with Crippen molar-refractivity contribution in [2.75, 3.05) is 0 Å². The molecule has 7 aromatic carbocycles. The Morgan fingerprint density at radius 2 is 0.651 bits per heavy atom. The van der Waals surface area contributed by atoms with Crippen LogP contribution < -0.4 is 0 Å². The molecule has 3 aromatic heterocycles. The normalized spacial score (nSPS) is 14.4. The summed E-state index contributed by atoms with van der Waals surface area (Å²) in [7, 11) is 0. The minimum atomic E-state index is -0.310. The summed E-state index contributed by atoms with van der Waals surface area (Å²) in [6.45, 7) is 47.9. The van der Waals surface area contributed by atoms with Gasteiger partial charge in [0, 0.05) is 38.0 Å². The van der Waals surface area contributed by atoms with Gasteiger partial charge in [-0.3, -0.25) is 0 Å². The van der Waals surface area contributed by atoms with Crippen LogP contribution in [0.15, 0.2) is 133 Å². The molecule has 10 aromatic rings. The molecule has 3 heterocycles. The summed E-state index contributed by atoms with van der Waals surface area (Å²) in [5.41, 5.74) is 23.4. The second-order valence-corrected chi connectivity index (χ2v) is 41.1. The van der Waals surface area contributed by atoms with E-state index in [9.17, 15) is 0 Å². The molecule has 0 spiro atoms. The Balaban J connectivity index is 0.983. The van der Waals surface area contributed by atoms with E-state index in [2.05, 4.69) is 292 Å². The molecule has 3 heteroatoms. The Morgan fingerprint density at radius 1 is 0.303 bits per heavy atom. The monoisotopic (exact) mass is 1500 g/mol. The highest BCUT2D eigenvalue weighted by atomic mass is 32.1. The van der Waals surface area contributed by atoms with Crippen molar-refractivity contribution in [3.8, 4) is 43.8 Å². The third-order valence-electron chi connectivity index (χ3n) is 29.5. The zero-order chi connectivity index (χ0) is 77.7. The van der Waals surface area contributed by atoms with Crippen molar-refractivity contribution in [2.45, 2.75) is 376 Å². The van der Waals surface area contributed by atoms with E-state index >= 15 is 0 Å². The molecule has 2 aliphatic rings. The molecule has 12 rings (SSSR count). The summed E-state index contributed by atoms with van der Waals surface area (Å²) in [6.07, 6.45) is 41.3. The maximum absolute atomic E-state index is 2.81. The lowest BCUT2D eigenvalue weighted by atomic mass is 9.58. The summed E-state index contributed by atoms with van der Waals surface area (Å²) < 4.78 is 5.73. The number of hydrogen-bond acceptors (Lipinski definition) is 2. The first-order chi connectivity index (χ1) is 52.2. The predicted octanol–water partition coefficient (Wildman–Crippen LogP) is 34.6. The van der Waals surface area contributed by atoms with E-state index in [1.165, 1.54) is 313 Å². The predicted molar refractivity (Wildman–Crippen MR) is 487 cm³/mol. The van der Waals surface area contributed by atoms with Gasteiger partial charge in [-0.05, 0) is 177 Å². The number of aromatic nitrogens is 1. The van der Waals surface area contributed by atoms with Crippen LogP contribution in [0.1, 0.15) is 381 Å². The standard InChI is InChI=1S/C106H145NS2/c1-20-25-30-35-39-47-64-105(65-48-40-36-31-26-21-2)87-69-75(93-73-91-97(108-93)98-92(107(91)68-51-34-29-24-5)74-94(109-98)103(16,17)100(9,10)11)56-60-79(87)82-63-59-78(72-90(82)105)102(14,15)104(18,19)96-85-54-45-43-52-83(85)95(84-53-44-46-55-86(84)96)76-57-61-80-81-62-58-77(101(12,13)99(6,7)8)71-89(81)106(88(80)70-76,66-49-41-37-32-27-22-3)67-50-42-38-33-28-23-4/h43-46,52-63,69-74H,20-42,47-51,64-68H2,1-19H3. The topological polar surface area (TPSA) is 4.93 Å². The Kier molecular flexibility index (Phi) is 26.2. The number of rotatable bonds is 40. The number of aryl methyl sites for hydroxylation is 1. The molecule has 0 amide bonds. The first-order valence-corrected chi connectivity index (χ1v) is 46.4. The molecule has 0 unspecified atom stereocenters. The highest BCUT2D eigenvalue weighted by Crippen LogP contribution is 2.61. The fraction of sp³-hybridized carbons (Fsp3) is 0.566. The van der Waals surface area contributed by atoms with Crippen LogP contribution in [0.4, 0.5) is 0 Å². The van der Waals surface area contributed by atoms with Crippen molar-refractivity contribution in [1.82, 2.24) is 4.57 Å². The van der Waals surface area contributed by atoms with E-state index in [0.29, 0.717) is 0 Å². The molecule has 0 fully saturated rings. The molecule has 0 N–H and O–H groups in total. The van der Waals surface area contributed by atoms with Crippen LogP contribution >= 0.6 is 22.7 Å². The van der Waals surface area contributed by atoms with Crippen LogP contribution in [0, 0.1) is 10.8 Å². The average molecular weight is 1500 g/mol. The summed E-state index contributed by atoms with van der Waals surface area (Å²) >= 11 is 4.15. The molecule has 0 radical (unpaired) electrons. The highest BCUT2D eigenvalue weighted by Gasteiger charge is 2.49. The van der Waals surface area contributed by atoms with E-state index < -0.39 is 0 Å². The van der Waals surface area contributed by atoms with Crippen LogP contribution in [0.25, 0.3) is 85.8 Å². The Labute approximate surface area is 672 Å². The number of benzene rings is 7. The molecular weight excluding hydrogens is 1350 g/mol.